The number of hydrogen-bond acceptors (Lipinski definition) is 7. The number of thiazole rings is 1. The van der Waals surface area contributed by atoms with Gasteiger partial charge in [0.05, 0.1) is 20.0 Å². The van der Waals surface area contributed by atoms with Crippen LogP contribution in [0.3, 0.4) is 0 Å². The van der Waals surface area contributed by atoms with Crippen LogP contribution in [0.25, 0.3) is 10.2 Å². The Morgan fingerprint density at radius 2 is 1.53 bits per heavy atom. The van der Waals surface area contributed by atoms with Crippen LogP contribution in [0.4, 0.5) is 5.13 Å². The molecule has 0 aliphatic carbocycles. The van der Waals surface area contributed by atoms with Gasteiger partial charge in [0.15, 0.2) is 5.13 Å². The molecule has 0 atom stereocenters. The number of rotatable bonds is 7. The molecular weight excluding hydrogens is 472 g/mol. The zero-order valence-electron chi connectivity index (χ0n) is 18.2. The van der Waals surface area contributed by atoms with Crippen molar-refractivity contribution in [1.82, 2.24) is 13.6 Å². The van der Waals surface area contributed by atoms with Gasteiger partial charge in [-0.1, -0.05) is 11.3 Å². The predicted octanol–water partition coefficient (Wildman–Crippen LogP) is 2.83. The number of carbonyl (C=O) groups is 1. The third-order valence-electron chi connectivity index (χ3n) is 4.88. The highest BCUT2D eigenvalue weighted by Gasteiger charge is 2.23. The average molecular weight is 497 g/mol. The van der Waals surface area contributed by atoms with Crippen LogP contribution in [0.2, 0.25) is 0 Å². The fraction of sp³-hybridized carbons (Fsp3) is 0.300. The molecule has 12 heteroatoms. The molecule has 0 aliphatic heterocycles. The van der Waals surface area contributed by atoms with Crippen LogP contribution in [0.15, 0.2) is 52.3 Å². The standard InChI is InChI=1S/C20H24N4O5S3/c1-13(2)24(5)32(28,29)15-8-6-14(7-9-15)19(25)22-20-21-17-11-10-16(12-18(17)30-20)31(26,27)23(3)4/h6-13H,1-5H3,(H,21,22,25). The minimum Gasteiger partial charge on any atom is -0.298 e. The largest absolute Gasteiger partial charge is 0.298 e. The summed E-state index contributed by atoms with van der Waals surface area (Å²) in [7, 11) is -2.81. The molecule has 0 saturated heterocycles. The molecule has 9 nitrogen and oxygen atoms in total. The molecule has 0 aliphatic rings. The van der Waals surface area contributed by atoms with E-state index in [9.17, 15) is 21.6 Å². The second-order valence-corrected chi connectivity index (χ2v) is 12.7. The first-order chi connectivity index (χ1) is 14.8. The number of fused-ring (bicyclic) bond motifs is 1. The Labute approximate surface area is 191 Å². The molecule has 2 aromatic carbocycles. The molecule has 32 heavy (non-hydrogen) atoms. The van der Waals surface area contributed by atoms with Crippen LogP contribution in [0, 0.1) is 0 Å². The molecule has 1 N–H and O–H groups in total. The Morgan fingerprint density at radius 3 is 2.09 bits per heavy atom. The van der Waals surface area contributed by atoms with Crippen molar-refractivity contribution < 1.29 is 21.6 Å². The van der Waals surface area contributed by atoms with Crippen molar-refractivity contribution in [3.8, 4) is 0 Å². The highest BCUT2D eigenvalue weighted by molar-refractivity contribution is 7.89. The van der Waals surface area contributed by atoms with Crippen LogP contribution in [0.1, 0.15) is 24.2 Å². The topological polar surface area (TPSA) is 117 Å². The molecule has 1 amide bonds. The van der Waals surface area contributed by atoms with Crippen molar-refractivity contribution in [2.45, 2.75) is 29.7 Å². The van der Waals surface area contributed by atoms with Crippen LogP contribution >= 0.6 is 11.3 Å². The second-order valence-electron chi connectivity index (χ2n) is 7.53. The van der Waals surface area contributed by atoms with Gasteiger partial charge in [0, 0.05) is 32.7 Å². The maximum Gasteiger partial charge on any atom is 0.257 e. The van der Waals surface area contributed by atoms with E-state index >= 15 is 0 Å². The Kier molecular flexibility index (Phi) is 6.72. The van der Waals surface area contributed by atoms with E-state index in [2.05, 4.69) is 10.3 Å². The molecule has 0 fully saturated rings. The number of carbonyl (C=O) groups excluding carboxylic acids is 1. The zero-order valence-corrected chi connectivity index (χ0v) is 20.7. The lowest BCUT2D eigenvalue weighted by Gasteiger charge is -2.20. The van der Waals surface area contributed by atoms with E-state index in [1.807, 2.05) is 0 Å². The number of hydrogen-bond donors (Lipinski definition) is 1. The van der Waals surface area contributed by atoms with E-state index in [0.717, 1.165) is 15.6 Å². The van der Waals surface area contributed by atoms with Gasteiger partial charge in [0.1, 0.15) is 0 Å². The van der Waals surface area contributed by atoms with Gasteiger partial charge in [-0.25, -0.2) is 26.1 Å². The number of sulfonamides is 2. The Hall–Kier alpha value is -2.38. The van der Waals surface area contributed by atoms with Crippen LogP contribution in [0.5, 0.6) is 0 Å². The number of amides is 1. The quantitative estimate of drug-likeness (QED) is 0.538. The molecule has 0 saturated carbocycles. The molecule has 0 spiro atoms. The predicted molar refractivity (Wildman–Crippen MR) is 125 cm³/mol. The van der Waals surface area contributed by atoms with E-state index < -0.39 is 26.0 Å². The van der Waals surface area contributed by atoms with Crippen molar-refractivity contribution in [2.24, 2.45) is 0 Å². The van der Waals surface area contributed by atoms with Crippen molar-refractivity contribution in [3.63, 3.8) is 0 Å². The first-order valence-electron chi connectivity index (χ1n) is 9.56. The maximum absolute atomic E-state index is 12.6. The number of nitrogens with one attached hydrogen (secondary N) is 1. The Bertz CT molecular complexity index is 1360. The van der Waals surface area contributed by atoms with Crippen molar-refractivity contribution in [1.29, 1.82) is 0 Å². The fourth-order valence-corrected chi connectivity index (χ4v) is 5.99. The minimum absolute atomic E-state index is 0.0971. The first-order valence-corrected chi connectivity index (χ1v) is 13.3. The highest BCUT2D eigenvalue weighted by atomic mass is 32.2. The molecule has 0 radical (unpaired) electrons. The monoisotopic (exact) mass is 496 g/mol. The lowest BCUT2D eigenvalue weighted by Crippen LogP contribution is -2.33. The number of aromatic nitrogens is 1. The first kappa shape index (κ1) is 24.3. The summed E-state index contributed by atoms with van der Waals surface area (Å²) < 4.78 is 52.7. The summed E-state index contributed by atoms with van der Waals surface area (Å²) in [6.45, 7) is 3.55. The van der Waals surface area contributed by atoms with Gasteiger partial charge in [0.25, 0.3) is 5.91 Å². The number of benzene rings is 2. The highest BCUT2D eigenvalue weighted by Crippen LogP contribution is 2.29. The van der Waals surface area contributed by atoms with Gasteiger partial charge in [-0.3, -0.25) is 10.1 Å². The third-order valence-corrected chi connectivity index (χ3v) is 9.67. The van der Waals surface area contributed by atoms with Crippen molar-refractivity contribution >= 4 is 52.6 Å². The van der Waals surface area contributed by atoms with E-state index in [1.54, 1.807) is 19.9 Å². The summed E-state index contributed by atoms with van der Waals surface area (Å²) in [5.41, 5.74) is 0.826. The average Bonchev–Trinajstić information content (AvgIpc) is 3.14. The van der Waals surface area contributed by atoms with Gasteiger partial charge < -0.3 is 0 Å². The minimum atomic E-state index is -3.64. The molecule has 3 aromatic rings. The number of nitrogens with zero attached hydrogens (tertiary/aromatic N) is 3. The lowest BCUT2D eigenvalue weighted by molar-refractivity contribution is 0.102. The summed E-state index contributed by atoms with van der Waals surface area (Å²) in [6, 6.07) is 10.0. The van der Waals surface area contributed by atoms with Crippen LogP contribution < -0.4 is 5.32 Å². The van der Waals surface area contributed by atoms with Gasteiger partial charge >= 0.3 is 0 Å². The molecule has 0 unspecified atom stereocenters. The van der Waals surface area contributed by atoms with Gasteiger partial charge in [-0.05, 0) is 56.3 Å². The lowest BCUT2D eigenvalue weighted by atomic mass is 10.2. The summed E-state index contributed by atoms with van der Waals surface area (Å²) in [4.78, 5) is 17.2. The Balaban J connectivity index is 1.81. The Morgan fingerprint density at radius 1 is 0.938 bits per heavy atom. The summed E-state index contributed by atoms with van der Waals surface area (Å²) in [5.74, 6) is -0.452. The molecule has 1 aromatic heterocycles. The zero-order chi connectivity index (χ0) is 23.8. The fourth-order valence-electron chi connectivity index (χ4n) is 2.72. The summed E-state index contributed by atoms with van der Waals surface area (Å²) in [5, 5.41) is 2.98. The summed E-state index contributed by atoms with van der Waals surface area (Å²) >= 11 is 1.15. The molecule has 172 valence electrons. The van der Waals surface area contributed by atoms with E-state index in [1.165, 1.54) is 61.8 Å². The van der Waals surface area contributed by atoms with Crippen LogP contribution in [-0.2, 0) is 20.0 Å². The molecule has 0 bridgehead atoms. The van der Waals surface area contributed by atoms with Crippen LogP contribution in [-0.4, -0.2) is 63.5 Å². The molecular formula is C20H24N4O5S3. The second kappa shape index (κ2) is 8.87. The van der Waals surface area contributed by atoms with Crippen molar-refractivity contribution in [3.05, 3.63) is 48.0 Å². The normalized spacial score (nSPS) is 12.8. The van der Waals surface area contributed by atoms with E-state index in [-0.39, 0.29) is 21.4 Å². The van der Waals surface area contributed by atoms with Crippen molar-refractivity contribution in [2.75, 3.05) is 26.5 Å². The van der Waals surface area contributed by atoms with Gasteiger partial charge in [-0.2, -0.15) is 4.31 Å². The number of anilines is 1. The summed E-state index contributed by atoms with van der Waals surface area (Å²) in [6.07, 6.45) is 0. The van der Waals surface area contributed by atoms with Gasteiger partial charge in [0.2, 0.25) is 20.0 Å². The smallest absolute Gasteiger partial charge is 0.257 e. The maximum atomic E-state index is 12.6. The molecule has 3 rings (SSSR count). The third kappa shape index (κ3) is 4.69. The van der Waals surface area contributed by atoms with Gasteiger partial charge in [-0.15, -0.1) is 0 Å². The van der Waals surface area contributed by atoms with E-state index in [0.29, 0.717) is 15.3 Å². The molecule has 1 heterocycles. The SMILES string of the molecule is CC(C)N(C)S(=O)(=O)c1ccc(C(=O)Nc2nc3ccc(S(=O)(=O)N(C)C)cc3s2)cc1. The van der Waals surface area contributed by atoms with E-state index in [4.69, 9.17) is 0 Å².